The topological polar surface area (TPSA) is 71.5 Å². The summed E-state index contributed by atoms with van der Waals surface area (Å²) >= 11 is 1.46. The van der Waals surface area contributed by atoms with E-state index in [2.05, 4.69) is 10.3 Å². The minimum absolute atomic E-state index is 0.141. The zero-order chi connectivity index (χ0) is 29.7. The number of carbonyl (C=O) groups excluding carboxylic acids is 2. The third-order valence-electron chi connectivity index (χ3n) is 7.40. The van der Waals surface area contributed by atoms with Gasteiger partial charge in [0, 0.05) is 36.5 Å². The molecule has 1 aliphatic rings. The molecule has 6 nitrogen and oxygen atoms in total. The highest BCUT2D eigenvalue weighted by molar-refractivity contribution is 7.09. The number of alkyl halides is 3. The lowest BCUT2D eigenvalue weighted by Crippen LogP contribution is -2.38. The Hall–Kier alpha value is -4.18. The Kier molecular flexibility index (Phi) is 8.91. The molecule has 0 spiro atoms. The molecule has 1 aliphatic heterocycles. The monoisotopic (exact) mass is 593 g/mol. The summed E-state index contributed by atoms with van der Waals surface area (Å²) in [6.45, 7) is 1.52. The summed E-state index contributed by atoms with van der Waals surface area (Å²) in [7, 11) is 1.62. The van der Waals surface area contributed by atoms with E-state index in [0.717, 1.165) is 28.5 Å². The van der Waals surface area contributed by atoms with Gasteiger partial charge in [0.1, 0.15) is 11.4 Å². The summed E-state index contributed by atoms with van der Waals surface area (Å²) in [5.74, 6) is 0.550. The van der Waals surface area contributed by atoms with Crippen LogP contribution in [0.5, 0.6) is 5.75 Å². The van der Waals surface area contributed by atoms with Gasteiger partial charge >= 0.3 is 6.18 Å². The molecule has 2 heterocycles. The van der Waals surface area contributed by atoms with Crippen molar-refractivity contribution < 1.29 is 27.5 Å². The van der Waals surface area contributed by atoms with Crippen LogP contribution in [0.2, 0.25) is 0 Å². The molecule has 0 saturated carbocycles. The van der Waals surface area contributed by atoms with Gasteiger partial charge in [-0.2, -0.15) is 13.2 Å². The SMILES string of the molecule is COc1cccc(CCNC(=O)c2csc(C3CCN(C(=O)c4ccccc4-c4ccc(C(F)(F)F)cc4)CC3)n2)c1. The van der Waals surface area contributed by atoms with Crippen LogP contribution in [0.1, 0.15) is 55.7 Å². The lowest BCUT2D eigenvalue weighted by atomic mass is 9.94. The van der Waals surface area contributed by atoms with E-state index >= 15 is 0 Å². The fourth-order valence-corrected chi connectivity index (χ4v) is 6.05. The number of piperidine rings is 1. The predicted octanol–water partition coefficient (Wildman–Crippen LogP) is 6.83. The van der Waals surface area contributed by atoms with E-state index in [1.165, 1.54) is 23.5 Å². The highest BCUT2D eigenvalue weighted by Crippen LogP contribution is 2.34. The number of ether oxygens (including phenoxy) is 1. The van der Waals surface area contributed by atoms with Crippen LogP contribution < -0.4 is 10.1 Å². The van der Waals surface area contributed by atoms with E-state index in [9.17, 15) is 22.8 Å². The minimum atomic E-state index is -4.42. The predicted molar refractivity (Wildman–Crippen MR) is 156 cm³/mol. The van der Waals surface area contributed by atoms with Crippen LogP contribution in [0, 0.1) is 0 Å². The molecule has 0 unspecified atom stereocenters. The maximum atomic E-state index is 13.5. The second kappa shape index (κ2) is 12.8. The van der Waals surface area contributed by atoms with E-state index in [-0.39, 0.29) is 17.7 Å². The summed E-state index contributed by atoms with van der Waals surface area (Å²) in [5.41, 5.74) is 2.34. The number of hydrogen-bond acceptors (Lipinski definition) is 5. The number of amides is 2. The molecule has 3 aromatic carbocycles. The lowest BCUT2D eigenvalue weighted by Gasteiger charge is -2.31. The van der Waals surface area contributed by atoms with Gasteiger partial charge in [0.2, 0.25) is 0 Å². The first kappa shape index (κ1) is 29.3. The van der Waals surface area contributed by atoms with Crippen molar-refractivity contribution in [2.24, 2.45) is 0 Å². The second-order valence-electron chi connectivity index (χ2n) is 10.1. The number of benzene rings is 3. The van der Waals surface area contributed by atoms with Gasteiger partial charge in [0.25, 0.3) is 11.8 Å². The quantitative estimate of drug-likeness (QED) is 0.243. The molecule has 1 fully saturated rings. The molecule has 42 heavy (non-hydrogen) atoms. The van der Waals surface area contributed by atoms with Gasteiger partial charge in [-0.3, -0.25) is 9.59 Å². The van der Waals surface area contributed by atoms with E-state index in [1.807, 2.05) is 24.3 Å². The van der Waals surface area contributed by atoms with Crippen molar-refractivity contribution in [1.29, 1.82) is 0 Å². The fraction of sp³-hybridized carbons (Fsp3) is 0.281. The molecule has 0 aliphatic carbocycles. The largest absolute Gasteiger partial charge is 0.497 e. The Bertz CT molecular complexity index is 1540. The number of carbonyl (C=O) groups is 2. The second-order valence-corrected chi connectivity index (χ2v) is 11.0. The van der Waals surface area contributed by atoms with Crippen LogP contribution in [-0.2, 0) is 12.6 Å². The first-order valence-electron chi connectivity index (χ1n) is 13.7. The molecule has 5 rings (SSSR count). The van der Waals surface area contributed by atoms with E-state index in [4.69, 9.17) is 4.74 Å². The van der Waals surface area contributed by atoms with Crippen molar-refractivity contribution in [2.45, 2.75) is 31.4 Å². The molecule has 4 aromatic rings. The number of halogens is 3. The smallest absolute Gasteiger partial charge is 0.416 e. The van der Waals surface area contributed by atoms with Crippen LogP contribution in [0.25, 0.3) is 11.1 Å². The molecule has 0 bridgehead atoms. The van der Waals surface area contributed by atoms with Crippen LogP contribution in [0.15, 0.2) is 78.2 Å². The van der Waals surface area contributed by atoms with Crippen LogP contribution >= 0.6 is 11.3 Å². The maximum absolute atomic E-state index is 13.5. The van der Waals surface area contributed by atoms with Gasteiger partial charge < -0.3 is 15.0 Å². The number of thiazole rings is 1. The third kappa shape index (κ3) is 6.82. The van der Waals surface area contributed by atoms with Crippen molar-refractivity contribution in [1.82, 2.24) is 15.2 Å². The Labute approximate surface area is 246 Å². The number of nitrogens with zero attached hydrogens (tertiary/aromatic N) is 2. The first-order chi connectivity index (χ1) is 20.2. The van der Waals surface area contributed by atoms with Gasteiger partial charge in [-0.05, 0) is 66.3 Å². The molecule has 10 heteroatoms. The third-order valence-corrected chi connectivity index (χ3v) is 8.41. The number of methoxy groups -OCH3 is 1. The minimum Gasteiger partial charge on any atom is -0.497 e. The van der Waals surface area contributed by atoms with Crippen LogP contribution in [-0.4, -0.2) is 48.4 Å². The van der Waals surface area contributed by atoms with Gasteiger partial charge in [-0.15, -0.1) is 11.3 Å². The molecule has 0 radical (unpaired) electrons. The zero-order valence-corrected chi connectivity index (χ0v) is 23.8. The molecule has 218 valence electrons. The fourth-order valence-electron chi connectivity index (χ4n) is 5.08. The zero-order valence-electron chi connectivity index (χ0n) is 23.0. The Balaban J connectivity index is 1.16. The molecule has 1 aromatic heterocycles. The van der Waals surface area contributed by atoms with Crippen molar-refractivity contribution in [3.8, 4) is 16.9 Å². The van der Waals surface area contributed by atoms with E-state index < -0.39 is 11.7 Å². The standard InChI is InChI=1S/C32H30F3N3O3S/c1-41-25-6-4-5-21(19-25)13-16-36-29(39)28-20-42-30(37-28)23-14-17-38(18-15-23)31(40)27-8-3-2-7-26(27)22-9-11-24(12-10-22)32(33,34)35/h2-12,19-20,23H,13-18H2,1H3,(H,36,39). The van der Waals surface area contributed by atoms with Crippen molar-refractivity contribution in [2.75, 3.05) is 26.7 Å². The van der Waals surface area contributed by atoms with Gasteiger partial charge in [-0.25, -0.2) is 4.98 Å². The van der Waals surface area contributed by atoms with Crippen molar-refractivity contribution in [3.63, 3.8) is 0 Å². The normalized spacial score (nSPS) is 14.0. The van der Waals surface area contributed by atoms with Crippen LogP contribution in [0.3, 0.4) is 0 Å². The summed E-state index contributed by atoms with van der Waals surface area (Å²) in [6.07, 6.45) is -2.33. The molecule has 1 saturated heterocycles. The maximum Gasteiger partial charge on any atom is 0.416 e. The average molecular weight is 594 g/mol. The van der Waals surface area contributed by atoms with E-state index in [0.29, 0.717) is 61.3 Å². The number of nitrogens with one attached hydrogen (secondary N) is 1. The van der Waals surface area contributed by atoms with Gasteiger partial charge in [0.15, 0.2) is 0 Å². The van der Waals surface area contributed by atoms with Crippen molar-refractivity contribution in [3.05, 3.63) is 106 Å². The van der Waals surface area contributed by atoms with Crippen LogP contribution in [0.4, 0.5) is 13.2 Å². The summed E-state index contributed by atoms with van der Waals surface area (Å²) < 4.78 is 44.3. The highest BCUT2D eigenvalue weighted by atomic mass is 32.1. The molecule has 1 N–H and O–H groups in total. The lowest BCUT2D eigenvalue weighted by molar-refractivity contribution is -0.137. The highest BCUT2D eigenvalue weighted by Gasteiger charge is 2.31. The summed E-state index contributed by atoms with van der Waals surface area (Å²) in [5, 5.41) is 5.58. The van der Waals surface area contributed by atoms with Gasteiger partial charge in [0.05, 0.1) is 17.7 Å². The Morgan fingerprint density at radius 2 is 1.76 bits per heavy atom. The molecule has 2 amide bonds. The number of aromatic nitrogens is 1. The number of rotatable bonds is 8. The van der Waals surface area contributed by atoms with Gasteiger partial charge in [-0.1, -0.05) is 42.5 Å². The van der Waals surface area contributed by atoms with E-state index in [1.54, 1.807) is 41.7 Å². The Morgan fingerprint density at radius 3 is 2.48 bits per heavy atom. The summed E-state index contributed by atoms with van der Waals surface area (Å²) in [6, 6.07) is 19.6. The van der Waals surface area contributed by atoms with Crippen molar-refractivity contribution >= 4 is 23.2 Å². The average Bonchev–Trinajstić information content (AvgIpc) is 3.51. The summed E-state index contributed by atoms with van der Waals surface area (Å²) in [4.78, 5) is 32.5. The molecular weight excluding hydrogens is 563 g/mol. The molecular formula is C32H30F3N3O3S. The Morgan fingerprint density at radius 1 is 1.02 bits per heavy atom. The number of hydrogen-bond donors (Lipinski definition) is 1. The molecule has 0 atom stereocenters. The number of likely N-dealkylation sites (tertiary alicyclic amines) is 1. The first-order valence-corrected chi connectivity index (χ1v) is 14.5.